The number of amides is 1. The average Bonchev–Trinajstić information content (AvgIpc) is 2.74. The van der Waals surface area contributed by atoms with Crippen molar-refractivity contribution in [2.75, 3.05) is 5.32 Å². The summed E-state index contributed by atoms with van der Waals surface area (Å²) >= 11 is 0. The van der Waals surface area contributed by atoms with Gasteiger partial charge in [-0.2, -0.15) is 0 Å². The average molecular weight is 398 g/mol. The van der Waals surface area contributed by atoms with E-state index in [0.717, 1.165) is 0 Å². The zero-order chi connectivity index (χ0) is 20.9. The Bertz CT molecular complexity index is 1250. The molecule has 4 aromatic rings. The third kappa shape index (κ3) is 4.59. The van der Waals surface area contributed by atoms with Gasteiger partial charge in [0.2, 0.25) is 5.88 Å². The van der Waals surface area contributed by atoms with Crippen LogP contribution in [0.4, 0.5) is 5.69 Å². The summed E-state index contributed by atoms with van der Waals surface area (Å²) in [6, 6.07) is 20.9. The number of aromatic nitrogens is 3. The Hall–Kier alpha value is -4.26. The van der Waals surface area contributed by atoms with Crippen LogP contribution in [-0.4, -0.2) is 20.9 Å². The SMILES string of the molecule is Cc1cc(=O)[nH]c(-c2cccc(NC(=O)c3ccnc(Oc4ccccc4)c3)c2)n1. The first-order valence-corrected chi connectivity index (χ1v) is 9.25. The lowest BCUT2D eigenvalue weighted by molar-refractivity contribution is 0.102. The number of H-pyrrole nitrogens is 1. The van der Waals surface area contributed by atoms with Crippen LogP contribution in [0.5, 0.6) is 11.6 Å². The minimum atomic E-state index is -0.307. The number of hydrogen-bond acceptors (Lipinski definition) is 5. The first kappa shape index (κ1) is 19.1. The maximum Gasteiger partial charge on any atom is 0.255 e. The molecule has 0 saturated heterocycles. The lowest BCUT2D eigenvalue weighted by Crippen LogP contribution is -2.12. The Kier molecular flexibility index (Phi) is 5.34. The highest BCUT2D eigenvalue weighted by Gasteiger charge is 2.10. The third-order valence-electron chi connectivity index (χ3n) is 4.23. The summed E-state index contributed by atoms with van der Waals surface area (Å²) in [5.74, 6) is 1.09. The number of aromatic amines is 1. The summed E-state index contributed by atoms with van der Waals surface area (Å²) in [7, 11) is 0. The summed E-state index contributed by atoms with van der Waals surface area (Å²) in [6.07, 6.45) is 1.52. The molecule has 4 rings (SSSR count). The van der Waals surface area contributed by atoms with E-state index in [2.05, 4.69) is 20.3 Å². The van der Waals surface area contributed by atoms with Gasteiger partial charge in [0.15, 0.2) is 0 Å². The van der Waals surface area contributed by atoms with Gasteiger partial charge >= 0.3 is 0 Å². The Balaban J connectivity index is 1.53. The molecule has 0 spiro atoms. The largest absolute Gasteiger partial charge is 0.439 e. The van der Waals surface area contributed by atoms with Crippen molar-refractivity contribution in [1.29, 1.82) is 0 Å². The second-order valence-corrected chi connectivity index (χ2v) is 6.57. The van der Waals surface area contributed by atoms with Gasteiger partial charge in [-0.05, 0) is 37.3 Å². The van der Waals surface area contributed by atoms with Crippen molar-refractivity contribution < 1.29 is 9.53 Å². The van der Waals surface area contributed by atoms with E-state index < -0.39 is 0 Å². The monoisotopic (exact) mass is 398 g/mol. The highest BCUT2D eigenvalue weighted by atomic mass is 16.5. The van der Waals surface area contributed by atoms with Crippen molar-refractivity contribution in [1.82, 2.24) is 15.0 Å². The predicted molar refractivity (Wildman–Crippen MR) is 114 cm³/mol. The molecule has 0 bridgehead atoms. The lowest BCUT2D eigenvalue weighted by Gasteiger charge is -2.09. The van der Waals surface area contributed by atoms with E-state index in [1.807, 2.05) is 36.4 Å². The number of anilines is 1. The zero-order valence-corrected chi connectivity index (χ0v) is 16.1. The van der Waals surface area contributed by atoms with E-state index in [1.165, 1.54) is 12.3 Å². The van der Waals surface area contributed by atoms with Crippen LogP contribution >= 0.6 is 0 Å². The van der Waals surface area contributed by atoms with E-state index in [-0.39, 0.29) is 11.5 Å². The Morgan fingerprint density at radius 2 is 1.83 bits per heavy atom. The Morgan fingerprint density at radius 3 is 2.63 bits per heavy atom. The van der Waals surface area contributed by atoms with Gasteiger partial charge in [0, 0.05) is 40.8 Å². The molecule has 0 aliphatic carbocycles. The van der Waals surface area contributed by atoms with Crippen LogP contribution < -0.4 is 15.6 Å². The van der Waals surface area contributed by atoms with Gasteiger partial charge in [-0.15, -0.1) is 0 Å². The summed E-state index contributed by atoms with van der Waals surface area (Å²) < 4.78 is 5.69. The molecule has 2 aromatic carbocycles. The normalized spacial score (nSPS) is 10.4. The highest BCUT2D eigenvalue weighted by Crippen LogP contribution is 2.22. The number of para-hydroxylation sites is 1. The quantitative estimate of drug-likeness (QED) is 0.526. The second-order valence-electron chi connectivity index (χ2n) is 6.57. The second kappa shape index (κ2) is 8.40. The van der Waals surface area contributed by atoms with E-state index >= 15 is 0 Å². The molecule has 1 amide bonds. The maximum atomic E-state index is 12.7. The van der Waals surface area contributed by atoms with Crippen molar-refractivity contribution in [2.45, 2.75) is 6.92 Å². The molecule has 0 aliphatic rings. The molecule has 0 fully saturated rings. The number of aryl methyl sites for hydroxylation is 1. The molecule has 0 unspecified atom stereocenters. The molecule has 0 aliphatic heterocycles. The van der Waals surface area contributed by atoms with Crippen LogP contribution in [0.1, 0.15) is 16.1 Å². The van der Waals surface area contributed by atoms with Crippen molar-refractivity contribution in [3.63, 3.8) is 0 Å². The molecule has 7 heteroatoms. The van der Waals surface area contributed by atoms with Gasteiger partial charge in [-0.1, -0.05) is 30.3 Å². The lowest BCUT2D eigenvalue weighted by atomic mass is 10.1. The van der Waals surface area contributed by atoms with Crippen LogP contribution in [0.3, 0.4) is 0 Å². The van der Waals surface area contributed by atoms with Gasteiger partial charge in [0.05, 0.1) is 0 Å². The van der Waals surface area contributed by atoms with Crippen LogP contribution in [0.15, 0.2) is 83.8 Å². The van der Waals surface area contributed by atoms with Crippen LogP contribution in [0.25, 0.3) is 11.4 Å². The summed E-state index contributed by atoms with van der Waals surface area (Å²) in [4.78, 5) is 35.6. The van der Waals surface area contributed by atoms with Gasteiger partial charge < -0.3 is 15.0 Å². The van der Waals surface area contributed by atoms with Gasteiger partial charge in [-0.3, -0.25) is 9.59 Å². The summed E-state index contributed by atoms with van der Waals surface area (Å²) in [5, 5.41) is 2.85. The minimum Gasteiger partial charge on any atom is -0.439 e. The van der Waals surface area contributed by atoms with Gasteiger partial charge in [0.1, 0.15) is 11.6 Å². The molecular weight excluding hydrogens is 380 g/mol. The topological polar surface area (TPSA) is 97.0 Å². The summed E-state index contributed by atoms with van der Waals surface area (Å²) in [6.45, 7) is 1.75. The van der Waals surface area contributed by atoms with Gasteiger partial charge in [-0.25, -0.2) is 9.97 Å². The summed E-state index contributed by atoms with van der Waals surface area (Å²) in [5.41, 5.74) is 2.06. The molecule has 2 heterocycles. The fourth-order valence-corrected chi connectivity index (χ4v) is 2.88. The van der Waals surface area contributed by atoms with Crippen LogP contribution in [0.2, 0.25) is 0 Å². The van der Waals surface area contributed by atoms with Crippen molar-refractivity contribution >= 4 is 11.6 Å². The number of hydrogen-bond donors (Lipinski definition) is 2. The van der Waals surface area contributed by atoms with E-state index in [1.54, 1.807) is 37.3 Å². The molecule has 0 saturated carbocycles. The number of nitrogens with zero attached hydrogens (tertiary/aromatic N) is 2. The van der Waals surface area contributed by atoms with E-state index in [0.29, 0.717) is 40.0 Å². The standard InChI is InChI=1S/C23H18N4O3/c1-15-12-20(28)27-22(25-15)16-6-5-7-18(13-16)26-23(29)17-10-11-24-21(14-17)30-19-8-3-2-4-9-19/h2-14H,1H3,(H,26,29)(H,25,27,28). The number of nitrogens with one attached hydrogen (secondary N) is 2. The number of pyridine rings is 1. The molecule has 7 nitrogen and oxygen atoms in total. The van der Waals surface area contributed by atoms with Crippen molar-refractivity contribution in [2.24, 2.45) is 0 Å². The molecule has 30 heavy (non-hydrogen) atoms. The predicted octanol–water partition coefficient (Wildman–Crippen LogP) is 4.18. The smallest absolute Gasteiger partial charge is 0.255 e. The highest BCUT2D eigenvalue weighted by molar-refractivity contribution is 6.04. The van der Waals surface area contributed by atoms with Crippen LogP contribution in [0, 0.1) is 6.92 Å². The molecule has 2 aromatic heterocycles. The zero-order valence-electron chi connectivity index (χ0n) is 16.1. The number of ether oxygens (including phenoxy) is 1. The fourth-order valence-electron chi connectivity index (χ4n) is 2.88. The number of benzene rings is 2. The third-order valence-corrected chi connectivity index (χ3v) is 4.23. The van der Waals surface area contributed by atoms with Gasteiger partial charge in [0.25, 0.3) is 11.5 Å². The van der Waals surface area contributed by atoms with Crippen LogP contribution in [-0.2, 0) is 0 Å². The molecular formula is C23H18N4O3. The van der Waals surface area contributed by atoms with E-state index in [9.17, 15) is 9.59 Å². The molecule has 2 N–H and O–H groups in total. The Morgan fingerprint density at radius 1 is 1.00 bits per heavy atom. The van der Waals surface area contributed by atoms with Crippen molar-refractivity contribution in [3.8, 4) is 23.0 Å². The Labute approximate surface area is 172 Å². The number of carbonyl (C=O) groups is 1. The molecule has 0 radical (unpaired) electrons. The molecule has 0 atom stereocenters. The fraction of sp³-hybridized carbons (Fsp3) is 0.0435. The first-order valence-electron chi connectivity index (χ1n) is 9.25. The van der Waals surface area contributed by atoms with Crippen molar-refractivity contribution in [3.05, 3.63) is 101 Å². The number of rotatable bonds is 5. The minimum absolute atomic E-state index is 0.227. The molecule has 148 valence electrons. The number of carbonyl (C=O) groups excluding carboxylic acids is 1. The maximum absolute atomic E-state index is 12.7. The first-order chi connectivity index (χ1) is 14.6. The van der Waals surface area contributed by atoms with E-state index in [4.69, 9.17) is 4.74 Å².